The SMILES string of the molecule is NC(=NO)c1ccc(OCCN2CCCC2)c([N+](=O)[O-])c1. The summed E-state index contributed by atoms with van der Waals surface area (Å²) in [6.07, 6.45) is 2.38. The smallest absolute Gasteiger partial charge is 0.311 e. The number of nitro groups is 1. The van der Waals surface area contributed by atoms with E-state index in [9.17, 15) is 10.1 Å². The molecule has 0 amide bonds. The minimum absolute atomic E-state index is 0.179. The predicted octanol–water partition coefficient (Wildman–Crippen LogP) is 1.16. The Labute approximate surface area is 121 Å². The number of amidine groups is 1. The molecule has 3 N–H and O–H groups in total. The second-order valence-corrected chi connectivity index (χ2v) is 4.82. The fourth-order valence-electron chi connectivity index (χ4n) is 2.29. The number of nitrogens with zero attached hydrogens (tertiary/aromatic N) is 3. The third-order valence-corrected chi connectivity index (χ3v) is 3.42. The normalized spacial score (nSPS) is 16.1. The number of benzene rings is 1. The second-order valence-electron chi connectivity index (χ2n) is 4.82. The molecule has 0 saturated carbocycles. The first kappa shape index (κ1) is 15.0. The third-order valence-electron chi connectivity index (χ3n) is 3.42. The standard InChI is InChI=1S/C13H18N4O4/c14-13(15-18)10-3-4-12(11(9-10)17(19)20)21-8-7-16-5-1-2-6-16/h3-4,9,18H,1-2,5-8H2,(H2,14,15). The van der Waals surface area contributed by atoms with Crippen LogP contribution in [0.25, 0.3) is 0 Å². The van der Waals surface area contributed by atoms with Gasteiger partial charge in [0.2, 0.25) is 0 Å². The molecular formula is C13H18N4O4. The molecule has 0 bridgehead atoms. The first-order valence-corrected chi connectivity index (χ1v) is 6.73. The van der Waals surface area contributed by atoms with Gasteiger partial charge < -0.3 is 15.7 Å². The highest BCUT2D eigenvalue weighted by Crippen LogP contribution is 2.28. The summed E-state index contributed by atoms with van der Waals surface area (Å²) in [7, 11) is 0. The number of hydrogen-bond acceptors (Lipinski definition) is 6. The lowest BCUT2D eigenvalue weighted by molar-refractivity contribution is -0.385. The lowest BCUT2D eigenvalue weighted by Crippen LogP contribution is -2.25. The summed E-state index contributed by atoms with van der Waals surface area (Å²) in [5.74, 6) is 0.00963. The van der Waals surface area contributed by atoms with Crippen LogP contribution in [-0.2, 0) is 0 Å². The molecule has 1 heterocycles. The van der Waals surface area contributed by atoms with E-state index in [4.69, 9.17) is 15.7 Å². The van der Waals surface area contributed by atoms with Crippen LogP contribution in [0.1, 0.15) is 18.4 Å². The van der Waals surface area contributed by atoms with Gasteiger partial charge in [0, 0.05) is 18.2 Å². The molecule has 0 aromatic heterocycles. The van der Waals surface area contributed by atoms with E-state index < -0.39 is 4.92 Å². The molecule has 8 nitrogen and oxygen atoms in total. The van der Waals surface area contributed by atoms with Crippen LogP contribution in [0.2, 0.25) is 0 Å². The highest BCUT2D eigenvalue weighted by Gasteiger charge is 2.18. The summed E-state index contributed by atoms with van der Waals surface area (Å²) in [6.45, 7) is 3.24. The number of nitro benzene ring substituents is 1. The molecule has 1 aromatic rings. The molecule has 21 heavy (non-hydrogen) atoms. The molecule has 1 saturated heterocycles. The van der Waals surface area contributed by atoms with Crippen molar-refractivity contribution in [3.05, 3.63) is 33.9 Å². The van der Waals surface area contributed by atoms with E-state index in [-0.39, 0.29) is 22.8 Å². The molecule has 0 radical (unpaired) electrons. The van der Waals surface area contributed by atoms with Crippen LogP contribution >= 0.6 is 0 Å². The van der Waals surface area contributed by atoms with E-state index in [1.807, 2.05) is 0 Å². The van der Waals surface area contributed by atoms with Crippen LogP contribution in [0.15, 0.2) is 23.4 Å². The Morgan fingerprint density at radius 1 is 1.48 bits per heavy atom. The van der Waals surface area contributed by atoms with Crippen molar-refractivity contribution in [1.29, 1.82) is 0 Å². The summed E-state index contributed by atoms with van der Waals surface area (Å²) >= 11 is 0. The van der Waals surface area contributed by atoms with E-state index in [1.54, 1.807) is 0 Å². The predicted molar refractivity (Wildman–Crippen MR) is 76.8 cm³/mol. The van der Waals surface area contributed by atoms with Gasteiger partial charge in [0.1, 0.15) is 6.61 Å². The quantitative estimate of drug-likeness (QED) is 0.267. The van der Waals surface area contributed by atoms with Crippen molar-refractivity contribution in [2.45, 2.75) is 12.8 Å². The first-order chi connectivity index (χ1) is 10.1. The summed E-state index contributed by atoms with van der Waals surface area (Å²) in [5, 5.41) is 22.5. The zero-order valence-electron chi connectivity index (χ0n) is 11.6. The van der Waals surface area contributed by atoms with Crippen molar-refractivity contribution < 1.29 is 14.9 Å². The first-order valence-electron chi connectivity index (χ1n) is 6.73. The number of hydrogen-bond donors (Lipinski definition) is 2. The Hall–Kier alpha value is -2.35. The molecule has 2 rings (SSSR count). The minimum atomic E-state index is -0.542. The molecule has 114 valence electrons. The van der Waals surface area contributed by atoms with E-state index in [0.29, 0.717) is 6.61 Å². The molecule has 1 fully saturated rings. The molecule has 1 aliphatic heterocycles. The van der Waals surface area contributed by atoms with E-state index in [1.165, 1.54) is 31.0 Å². The van der Waals surface area contributed by atoms with Gasteiger partial charge in [-0.1, -0.05) is 5.16 Å². The maximum absolute atomic E-state index is 11.1. The highest BCUT2D eigenvalue weighted by molar-refractivity contribution is 5.97. The molecule has 0 aliphatic carbocycles. The van der Waals surface area contributed by atoms with Crippen molar-refractivity contribution in [2.24, 2.45) is 10.9 Å². The maximum atomic E-state index is 11.1. The van der Waals surface area contributed by atoms with E-state index in [0.717, 1.165) is 19.6 Å². The van der Waals surface area contributed by atoms with Gasteiger partial charge in [0.15, 0.2) is 11.6 Å². The number of ether oxygens (including phenoxy) is 1. The molecule has 1 aromatic carbocycles. The summed E-state index contributed by atoms with van der Waals surface area (Å²) in [6, 6.07) is 4.23. The van der Waals surface area contributed by atoms with Gasteiger partial charge in [-0.05, 0) is 38.1 Å². The van der Waals surface area contributed by atoms with Crippen LogP contribution in [0.4, 0.5) is 5.69 Å². The van der Waals surface area contributed by atoms with Crippen molar-refractivity contribution in [1.82, 2.24) is 4.90 Å². The fraction of sp³-hybridized carbons (Fsp3) is 0.462. The van der Waals surface area contributed by atoms with Crippen LogP contribution in [-0.4, -0.2) is 47.1 Å². The molecule has 8 heteroatoms. The largest absolute Gasteiger partial charge is 0.485 e. The van der Waals surface area contributed by atoms with Crippen molar-refractivity contribution in [3.63, 3.8) is 0 Å². The number of rotatable bonds is 6. The molecule has 0 atom stereocenters. The Balaban J connectivity index is 2.05. The zero-order valence-corrected chi connectivity index (χ0v) is 11.6. The van der Waals surface area contributed by atoms with E-state index in [2.05, 4.69) is 10.1 Å². The monoisotopic (exact) mass is 294 g/mol. The van der Waals surface area contributed by atoms with Crippen LogP contribution in [0.5, 0.6) is 5.75 Å². The third kappa shape index (κ3) is 3.82. The van der Waals surface area contributed by atoms with Gasteiger partial charge >= 0.3 is 5.69 Å². The molecule has 0 unspecified atom stereocenters. The van der Waals surface area contributed by atoms with Crippen molar-refractivity contribution in [3.8, 4) is 5.75 Å². The Kier molecular flexibility index (Phi) is 4.94. The van der Waals surface area contributed by atoms with Crippen molar-refractivity contribution in [2.75, 3.05) is 26.2 Å². The minimum Gasteiger partial charge on any atom is -0.485 e. The van der Waals surface area contributed by atoms with Gasteiger partial charge in [-0.15, -0.1) is 0 Å². The highest BCUT2D eigenvalue weighted by atomic mass is 16.6. The molecular weight excluding hydrogens is 276 g/mol. The Bertz CT molecular complexity index is 541. The van der Waals surface area contributed by atoms with Gasteiger partial charge in [0.05, 0.1) is 4.92 Å². The van der Waals surface area contributed by atoms with Gasteiger partial charge in [-0.2, -0.15) is 0 Å². The van der Waals surface area contributed by atoms with Crippen LogP contribution in [0, 0.1) is 10.1 Å². The lowest BCUT2D eigenvalue weighted by Gasteiger charge is -2.15. The van der Waals surface area contributed by atoms with Gasteiger partial charge in [-0.3, -0.25) is 15.0 Å². The van der Waals surface area contributed by atoms with E-state index >= 15 is 0 Å². The number of likely N-dealkylation sites (tertiary alicyclic amines) is 1. The van der Waals surface area contributed by atoms with Crippen LogP contribution < -0.4 is 10.5 Å². The maximum Gasteiger partial charge on any atom is 0.311 e. The Morgan fingerprint density at radius 3 is 2.81 bits per heavy atom. The average Bonchev–Trinajstić information content (AvgIpc) is 2.99. The van der Waals surface area contributed by atoms with Crippen LogP contribution in [0.3, 0.4) is 0 Å². The molecule has 1 aliphatic rings. The zero-order chi connectivity index (χ0) is 15.2. The summed E-state index contributed by atoms with van der Waals surface area (Å²) < 4.78 is 5.50. The number of oxime groups is 1. The topological polar surface area (TPSA) is 114 Å². The summed E-state index contributed by atoms with van der Waals surface area (Å²) in [4.78, 5) is 12.8. The van der Waals surface area contributed by atoms with Gasteiger partial charge in [-0.25, -0.2) is 0 Å². The Morgan fingerprint density at radius 2 is 2.19 bits per heavy atom. The number of nitrogens with two attached hydrogens (primary N) is 1. The van der Waals surface area contributed by atoms with Gasteiger partial charge in [0.25, 0.3) is 0 Å². The van der Waals surface area contributed by atoms with Crippen molar-refractivity contribution >= 4 is 11.5 Å². The summed E-state index contributed by atoms with van der Waals surface area (Å²) in [5.41, 5.74) is 5.51. The fourth-order valence-corrected chi connectivity index (χ4v) is 2.29. The average molecular weight is 294 g/mol. The molecule has 0 spiro atoms. The lowest BCUT2D eigenvalue weighted by atomic mass is 10.1. The second kappa shape index (κ2) is 6.89.